The molecule has 0 atom stereocenters. The van der Waals surface area contributed by atoms with Crippen LogP contribution in [0, 0.1) is 0 Å². The number of hydrogen-bond donors (Lipinski definition) is 2. The van der Waals surface area contributed by atoms with E-state index < -0.39 is 0 Å². The fourth-order valence-corrected chi connectivity index (χ4v) is 2.29. The molecule has 0 aliphatic heterocycles. The average molecular weight is 295 g/mol. The summed E-state index contributed by atoms with van der Waals surface area (Å²) in [4.78, 5) is 4.31. The summed E-state index contributed by atoms with van der Waals surface area (Å²) in [5.74, 6) is 0.567. The molecule has 2 aromatic rings. The molecule has 0 saturated carbocycles. The maximum absolute atomic E-state index is 5.59. The monoisotopic (exact) mass is 295 g/mol. The lowest BCUT2D eigenvalue weighted by Gasteiger charge is -2.22. The first kappa shape index (κ1) is 14.9. The van der Waals surface area contributed by atoms with Crippen LogP contribution in [0.15, 0.2) is 16.0 Å². The van der Waals surface area contributed by atoms with Crippen LogP contribution in [0.2, 0.25) is 0 Å². The molecule has 2 N–H and O–H groups in total. The Kier molecular flexibility index (Phi) is 4.10. The first-order valence-corrected chi connectivity index (χ1v) is 7.40. The highest BCUT2D eigenvalue weighted by Crippen LogP contribution is 2.26. The lowest BCUT2D eigenvalue weighted by Crippen LogP contribution is -2.35. The summed E-state index contributed by atoms with van der Waals surface area (Å²) >= 11 is 1.59. The molecule has 0 amide bonds. The second kappa shape index (κ2) is 5.49. The number of rotatable bonds is 5. The Morgan fingerprint density at radius 1 is 1.20 bits per heavy atom. The number of nitrogens with one attached hydrogen (secondary N) is 2. The molecule has 2 aromatic heterocycles. The second-order valence-electron chi connectivity index (χ2n) is 6.19. The molecule has 0 aliphatic rings. The van der Waals surface area contributed by atoms with Gasteiger partial charge in [-0.25, -0.2) is 4.98 Å². The van der Waals surface area contributed by atoms with E-state index in [2.05, 4.69) is 46.6 Å². The lowest BCUT2D eigenvalue weighted by atomic mass is 10.1. The fourth-order valence-electron chi connectivity index (χ4n) is 1.57. The van der Waals surface area contributed by atoms with Crippen molar-refractivity contribution in [3.05, 3.63) is 22.5 Å². The molecule has 2 rings (SSSR count). The topological polar surface area (TPSA) is 75.9 Å². The van der Waals surface area contributed by atoms with Gasteiger partial charge in [0.15, 0.2) is 0 Å². The summed E-state index contributed by atoms with van der Waals surface area (Å²) in [6.45, 7) is 10.9. The van der Waals surface area contributed by atoms with Gasteiger partial charge in [-0.15, -0.1) is 16.4 Å². The Balaban J connectivity index is 1.99. The van der Waals surface area contributed by atoms with Crippen LogP contribution in [0.1, 0.15) is 45.5 Å². The maximum Gasteiger partial charge on any atom is 0.316 e. The molecular formula is C13H21N5OS. The van der Waals surface area contributed by atoms with E-state index in [1.54, 1.807) is 17.5 Å². The van der Waals surface area contributed by atoms with E-state index in [4.69, 9.17) is 4.42 Å². The van der Waals surface area contributed by atoms with Crippen LogP contribution in [-0.4, -0.2) is 20.7 Å². The van der Waals surface area contributed by atoms with Gasteiger partial charge in [-0.3, -0.25) is 0 Å². The van der Waals surface area contributed by atoms with Crippen molar-refractivity contribution < 1.29 is 4.42 Å². The molecule has 0 aliphatic carbocycles. The number of aromatic nitrogens is 3. The standard InChI is InChI=1S/C13H21N5OS/c1-12(2,3)15-8-9-17-18-11(19-9)16-13(4,5)10-14-6-7-20-10/h6-7,15H,8H2,1-5H3,(H,16,18). The van der Waals surface area contributed by atoms with Gasteiger partial charge in [0.1, 0.15) is 5.01 Å². The van der Waals surface area contributed by atoms with Crippen molar-refractivity contribution in [2.45, 2.75) is 52.2 Å². The quantitative estimate of drug-likeness (QED) is 0.883. The van der Waals surface area contributed by atoms with Crippen molar-refractivity contribution in [2.75, 3.05) is 5.32 Å². The van der Waals surface area contributed by atoms with Crippen LogP contribution >= 0.6 is 11.3 Å². The normalized spacial score (nSPS) is 12.7. The molecular weight excluding hydrogens is 274 g/mol. The van der Waals surface area contributed by atoms with Crippen molar-refractivity contribution in [1.82, 2.24) is 20.5 Å². The van der Waals surface area contributed by atoms with Crippen LogP contribution in [0.4, 0.5) is 6.01 Å². The van der Waals surface area contributed by atoms with Crippen LogP contribution in [-0.2, 0) is 12.1 Å². The SMILES string of the molecule is CC(C)(C)NCc1nnc(NC(C)(C)c2nccs2)o1. The lowest BCUT2D eigenvalue weighted by molar-refractivity contribution is 0.381. The van der Waals surface area contributed by atoms with Crippen molar-refractivity contribution in [2.24, 2.45) is 0 Å². The van der Waals surface area contributed by atoms with Gasteiger partial charge in [-0.1, -0.05) is 5.10 Å². The highest BCUT2D eigenvalue weighted by Gasteiger charge is 2.25. The zero-order valence-electron chi connectivity index (χ0n) is 12.5. The third-order valence-corrected chi connectivity index (χ3v) is 3.72. The van der Waals surface area contributed by atoms with Crippen molar-refractivity contribution >= 4 is 17.4 Å². The molecule has 6 nitrogen and oxygen atoms in total. The summed E-state index contributed by atoms with van der Waals surface area (Å²) < 4.78 is 5.59. The molecule has 2 heterocycles. The van der Waals surface area contributed by atoms with Gasteiger partial charge in [0.05, 0.1) is 12.1 Å². The maximum atomic E-state index is 5.59. The highest BCUT2D eigenvalue weighted by molar-refractivity contribution is 7.09. The summed E-state index contributed by atoms with van der Waals surface area (Å²) in [6, 6.07) is 0.413. The van der Waals surface area contributed by atoms with Gasteiger partial charge >= 0.3 is 6.01 Å². The van der Waals surface area contributed by atoms with Gasteiger partial charge in [0, 0.05) is 17.1 Å². The summed E-state index contributed by atoms with van der Waals surface area (Å²) in [5.41, 5.74) is -0.322. The van der Waals surface area contributed by atoms with E-state index >= 15 is 0 Å². The molecule has 0 aromatic carbocycles. The minimum Gasteiger partial charge on any atom is -0.407 e. The number of thiazole rings is 1. The van der Waals surface area contributed by atoms with Gasteiger partial charge < -0.3 is 15.1 Å². The largest absolute Gasteiger partial charge is 0.407 e. The Morgan fingerprint density at radius 2 is 1.95 bits per heavy atom. The molecule has 0 radical (unpaired) electrons. The molecule has 20 heavy (non-hydrogen) atoms. The predicted molar refractivity (Wildman–Crippen MR) is 79.7 cm³/mol. The summed E-state index contributed by atoms with van der Waals surface area (Å²) in [6.07, 6.45) is 1.79. The second-order valence-corrected chi connectivity index (χ2v) is 7.09. The third kappa shape index (κ3) is 4.01. The van der Waals surface area contributed by atoms with Crippen LogP contribution < -0.4 is 10.6 Å². The van der Waals surface area contributed by atoms with Gasteiger partial charge in [0.25, 0.3) is 0 Å². The van der Waals surface area contributed by atoms with E-state index in [0.717, 1.165) is 5.01 Å². The minimum atomic E-state index is -0.338. The van der Waals surface area contributed by atoms with E-state index in [1.165, 1.54) is 0 Å². The molecule has 0 fully saturated rings. The smallest absolute Gasteiger partial charge is 0.316 e. The van der Waals surface area contributed by atoms with E-state index in [0.29, 0.717) is 18.5 Å². The van der Waals surface area contributed by atoms with Crippen molar-refractivity contribution in [3.63, 3.8) is 0 Å². The molecule has 0 saturated heterocycles. The Bertz CT molecular complexity index is 541. The van der Waals surface area contributed by atoms with E-state index in [9.17, 15) is 0 Å². The molecule has 7 heteroatoms. The minimum absolute atomic E-state index is 0.0161. The van der Waals surface area contributed by atoms with Crippen molar-refractivity contribution in [1.29, 1.82) is 0 Å². The fraction of sp³-hybridized carbons (Fsp3) is 0.615. The summed E-state index contributed by atoms with van der Waals surface area (Å²) in [5, 5.41) is 17.5. The Hall–Kier alpha value is -1.47. The third-order valence-electron chi connectivity index (χ3n) is 2.62. The Labute approximate surface area is 123 Å². The molecule has 110 valence electrons. The first-order chi connectivity index (χ1) is 9.26. The van der Waals surface area contributed by atoms with Gasteiger partial charge in [0.2, 0.25) is 5.89 Å². The van der Waals surface area contributed by atoms with E-state index in [1.807, 2.05) is 19.2 Å². The predicted octanol–water partition coefficient (Wildman–Crippen LogP) is 2.76. The van der Waals surface area contributed by atoms with Crippen LogP contribution in [0.25, 0.3) is 0 Å². The van der Waals surface area contributed by atoms with Crippen LogP contribution in [0.5, 0.6) is 0 Å². The number of nitrogens with zero attached hydrogens (tertiary/aromatic N) is 3. The number of anilines is 1. The first-order valence-electron chi connectivity index (χ1n) is 6.52. The van der Waals surface area contributed by atoms with E-state index in [-0.39, 0.29) is 11.1 Å². The zero-order chi connectivity index (χ0) is 14.8. The Morgan fingerprint density at radius 3 is 2.55 bits per heavy atom. The van der Waals surface area contributed by atoms with Gasteiger partial charge in [-0.2, -0.15) is 0 Å². The molecule has 0 unspecified atom stereocenters. The van der Waals surface area contributed by atoms with Gasteiger partial charge in [-0.05, 0) is 34.6 Å². The van der Waals surface area contributed by atoms with Crippen LogP contribution in [0.3, 0.4) is 0 Å². The summed E-state index contributed by atoms with van der Waals surface area (Å²) in [7, 11) is 0. The average Bonchev–Trinajstić information content (AvgIpc) is 2.95. The number of hydrogen-bond acceptors (Lipinski definition) is 7. The molecule has 0 bridgehead atoms. The molecule has 0 spiro atoms. The zero-order valence-corrected chi connectivity index (χ0v) is 13.3. The highest BCUT2D eigenvalue weighted by atomic mass is 32.1. The van der Waals surface area contributed by atoms with Crippen molar-refractivity contribution in [3.8, 4) is 0 Å².